The molecule has 0 aliphatic carbocycles. The lowest BCUT2D eigenvalue weighted by atomic mass is 10.0. The quantitative estimate of drug-likeness (QED) is 0.825. The highest BCUT2D eigenvalue weighted by Gasteiger charge is 2.31. The van der Waals surface area contributed by atoms with Crippen molar-refractivity contribution in [2.24, 2.45) is 5.92 Å². The molecule has 1 aromatic rings. The first kappa shape index (κ1) is 14.6. The predicted molar refractivity (Wildman–Crippen MR) is 73.6 cm³/mol. The topological polar surface area (TPSA) is 80.4 Å². The molecule has 1 aliphatic heterocycles. The van der Waals surface area contributed by atoms with Gasteiger partial charge in [0.15, 0.2) is 0 Å². The van der Waals surface area contributed by atoms with E-state index in [1.807, 2.05) is 6.92 Å². The number of esters is 1. The third kappa shape index (κ3) is 2.85. The van der Waals surface area contributed by atoms with Gasteiger partial charge in [0.2, 0.25) is 5.91 Å². The molecule has 0 spiro atoms. The van der Waals surface area contributed by atoms with E-state index >= 15 is 0 Å². The zero-order chi connectivity index (χ0) is 14.7. The second-order valence-corrected chi connectivity index (χ2v) is 4.88. The number of hydrogen-bond acceptors (Lipinski definition) is 4. The third-order valence-electron chi connectivity index (χ3n) is 3.53. The molecule has 6 nitrogen and oxygen atoms in total. The van der Waals surface area contributed by atoms with Crippen LogP contribution in [-0.2, 0) is 14.3 Å². The first-order valence-electron chi connectivity index (χ1n) is 6.82. The Hall–Kier alpha value is -1.82. The first-order chi connectivity index (χ1) is 9.54. The van der Waals surface area contributed by atoms with Gasteiger partial charge in [-0.3, -0.25) is 4.79 Å². The molecule has 6 heteroatoms. The molecule has 2 atom stereocenters. The fourth-order valence-corrected chi connectivity index (χ4v) is 2.39. The van der Waals surface area contributed by atoms with Crippen LogP contribution in [0.25, 0.3) is 0 Å². The van der Waals surface area contributed by atoms with E-state index in [0.717, 1.165) is 0 Å². The van der Waals surface area contributed by atoms with Crippen LogP contribution in [0.15, 0.2) is 6.20 Å². The van der Waals surface area contributed by atoms with Gasteiger partial charge in [0.05, 0.1) is 24.3 Å². The van der Waals surface area contributed by atoms with Crippen molar-refractivity contribution in [1.29, 1.82) is 0 Å². The SMILES string of the molecule is CCOC(=O)c1c(NC(=O)C2CCOC2C)c[nH]c1C. The second-order valence-electron chi connectivity index (χ2n) is 4.88. The van der Waals surface area contributed by atoms with Crippen LogP contribution in [0, 0.1) is 12.8 Å². The maximum atomic E-state index is 12.2. The number of aryl methyl sites for hydroxylation is 1. The van der Waals surface area contributed by atoms with Crippen LogP contribution >= 0.6 is 0 Å². The number of H-pyrrole nitrogens is 1. The number of amides is 1. The van der Waals surface area contributed by atoms with E-state index in [4.69, 9.17) is 9.47 Å². The molecule has 0 saturated carbocycles. The summed E-state index contributed by atoms with van der Waals surface area (Å²) in [5, 5.41) is 2.79. The van der Waals surface area contributed by atoms with Crippen molar-refractivity contribution in [3.8, 4) is 0 Å². The summed E-state index contributed by atoms with van der Waals surface area (Å²) >= 11 is 0. The van der Waals surface area contributed by atoms with Crippen LogP contribution in [0.4, 0.5) is 5.69 Å². The summed E-state index contributed by atoms with van der Waals surface area (Å²) in [5.41, 5.74) is 1.52. The minimum Gasteiger partial charge on any atom is -0.462 e. The number of nitrogens with one attached hydrogen (secondary N) is 2. The van der Waals surface area contributed by atoms with E-state index < -0.39 is 5.97 Å². The van der Waals surface area contributed by atoms with Crippen molar-refractivity contribution in [2.75, 3.05) is 18.5 Å². The molecule has 1 saturated heterocycles. The van der Waals surface area contributed by atoms with E-state index in [2.05, 4.69) is 10.3 Å². The van der Waals surface area contributed by atoms with Crippen LogP contribution in [0.2, 0.25) is 0 Å². The van der Waals surface area contributed by atoms with Crippen molar-refractivity contribution >= 4 is 17.6 Å². The van der Waals surface area contributed by atoms with Crippen LogP contribution in [0.1, 0.15) is 36.3 Å². The zero-order valence-corrected chi connectivity index (χ0v) is 12.0. The molecule has 1 aliphatic rings. The van der Waals surface area contributed by atoms with E-state index in [-0.39, 0.29) is 17.9 Å². The molecule has 2 heterocycles. The Morgan fingerprint density at radius 3 is 2.90 bits per heavy atom. The van der Waals surface area contributed by atoms with Gasteiger partial charge in [-0.15, -0.1) is 0 Å². The van der Waals surface area contributed by atoms with E-state index in [1.165, 1.54) is 0 Å². The lowest BCUT2D eigenvalue weighted by Gasteiger charge is -2.14. The fourth-order valence-electron chi connectivity index (χ4n) is 2.39. The second kappa shape index (κ2) is 6.09. The Bertz CT molecular complexity index is 509. The van der Waals surface area contributed by atoms with Gasteiger partial charge in [0, 0.05) is 18.5 Å². The molecule has 0 radical (unpaired) electrons. The van der Waals surface area contributed by atoms with Gasteiger partial charge in [-0.25, -0.2) is 4.79 Å². The highest BCUT2D eigenvalue weighted by Crippen LogP contribution is 2.25. The maximum Gasteiger partial charge on any atom is 0.342 e. The molecule has 0 bridgehead atoms. The number of carbonyl (C=O) groups is 2. The normalized spacial score (nSPS) is 21.8. The van der Waals surface area contributed by atoms with Gasteiger partial charge in [-0.1, -0.05) is 0 Å². The average molecular weight is 280 g/mol. The molecular formula is C14H20N2O4. The predicted octanol–water partition coefficient (Wildman–Crippen LogP) is 1.86. The van der Waals surface area contributed by atoms with Gasteiger partial charge in [0.1, 0.15) is 5.56 Å². The smallest absolute Gasteiger partial charge is 0.342 e. The lowest BCUT2D eigenvalue weighted by Crippen LogP contribution is -2.28. The van der Waals surface area contributed by atoms with E-state index in [0.29, 0.717) is 36.6 Å². The molecule has 2 unspecified atom stereocenters. The Labute approximate surface area is 117 Å². The molecule has 110 valence electrons. The minimum absolute atomic E-state index is 0.0962. The number of aromatic nitrogens is 1. The Kier molecular flexibility index (Phi) is 4.44. The average Bonchev–Trinajstić information content (AvgIpc) is 2.96. The van der Waals surface area contributed by atoms with Gasteiger partial charge in [-0.05, 0) is 27.2 Å². The molecule has 1 amide bonds. The maximum absolute atomic E-state index is 12.2. The first-order valence-corrected chi connectivity index (χ1v) is 6.82. The standard InChI is InChI=1S/C14H20N2O4/c1-4-19-14(18)12-8(2)15-7-11(12)16-13(17)10-5-6-20-9(10)3/h7,9-10,15H,4-6H2,1-3H3,(H,16,17). The summed E-state index contributed by atoms with van der Waals surface area (Å²) < 4.78 is 10.4. The number of rotatable bonds is 4. The van der Waals surface area contributed by atoms with Crippen LogP contribution < -0.4 is 5.32 Å². The van der Waals surface area contributed by atoms with Crippen molar-refractivity contribution < 1.29 is 19.1 Å². The van der Waals surface area contributed by atoms with Gasteiger partial charge in [-0.2, -0.15) is 0 Å². The minimum atomic E-state index is -0.433. The summed E-state index contributed by atoms with van der Waals surface area (Å²) in [4.78, 5) is 27.0. The summed E-state index contributed by atoms with van der Waals surface area (Å²) in [7, 11) is 0. The summed E-state index contributed by atoms with van der Waals surface area (Å²) in [6, 6.07) is 0. The molecule has 1 aromatic heterocycles. The molecule has 20 heavy (non-hydrogen) atoms. The summed E-state index contributed by atoms with van der Waals surface area (Å²) in [6.07, 6.45) is 2.21. The lowest BCUT2D eigenvalue weighted by molar-refractivity contribution is -0.121. The number of anilines is 1. The number of hydrogen-bond donors (Lipinski definition) is 2. The number of aromatic amines is 1. The number of carbonyl (C=O) groups excluding carboxylic acids is 2. The van der Waals surface area contributed by atoms with Gasteiger partial charge >= 0.3 is 5.97 Å². The highest BCUT2D eigenvalue weighted by molar-refractivity contribution is 6.03. The monoisotopic (exact) mass is 280 g/mol. The van der Waals surface area contributed by atoms with Crippen LogP contribution in [-0.4, -0.2) is 36.2 Å². The van der Waals surface area contributed by atoms with E-state index in [9.17, 15) is 9.59 Å². The number of ether oxygens (including phenoxy) is 2. The molecular weight excluding hydrogens is 260 g/mol. The Balaban J connectivity index is 2.13. The Morgan fingerprint density at radius 2 is 2.30 bits per heavy atom. The van der Waals surface area contributed by atoms with Gasteiger partial charge < -0.3 is 19.8 Å². The highest BCUT2D eigenvalue weighted by atomic mass is 16.5. The van der Waals surface area contributed by atoms with Crippen LogP contribution in [0.3, 0.4) is 0 Å². The van der Waals surface area contributed by atoms with Crippen LogP contribution in [0.5, 0.6) is 0 Å². The molecule has 0 aromatic carbocycles. The van der Waals surface area contributed by atoms with Crippen molar-refractivity contribution in [3.05, 3.63) is 17.5 Å². The van der Waals surface area contributed by atoms with Gasteiger partial charge in [0.25, 0.3) is 0 Å². The van der Waals surface area contributed by atoms with Crippen molar-refractivity contribution in [1.82, 2.24) is 4.98 Å². The molecule has 1 fully saturated rings. The summed E-state index contributed by atoms with van der Waals surface area (Å²) in [6.45, 7) is 6.28. The summed E-state index contributed by atoms with van der Waals surface area (Å²) in [5.74, 6) is -0.739. The zero-order valence-electron chi connectivity index (χ0n) is 12.0. The van der Waals surface area contributed by atoms with Crippen molar-refractivity contribution in [2.45, 2.75) is 33.3 Å². The van der Waals surface area contributed by atoms with E-state index in [1.54, 1.807) is 20.0 Å². The van der Waals surface area contributed by atoms with Crippen molar-refractivity contribution in [3.63, 3.8) is 0 Å². The third-order valence-corrected chi connectivity index (χ3v) is 3.53. The fraction of sp³-hybridized carbons (Fsp3) is 0.571. The molecule has 2 rings (SSSR count). The largest absolute Gasteiger partial charge is 0.462 e. The molecule has 2 N–H and O–H groups in total. The Morgan fingerprint density at radius 1 is 1.55 bits per heavy atom.